The zero-order valence-electron chi connectivity index (χ0n) is 9.61. The average molecular weight is 222 g/mol. The van der Waals surface area contributed by atoms with Crippen LogP contribution >= 0.6 is 0 Å². The molecule has 1 aromatic heterocycles. The van der Waals surface area contributed by atoms with Gasteiger partial charge in [-0.3, -0.25) is 0 Å². The number of aliphatic hydroxyl groups excluding tert-OH is 1. The van der Waals surface area contributed by atoms with Crippen LogP contribution in [0.25, 0.3) is 11.0 Å². The minimum Gasteiger partial charge on any atom is -0.385 e. The molecule has 0 amide bonds. The van der Waals surface area contributed by atoms with Crippen LogP contribution in [-0.2, 0) is 0 Å². The van der Waals surface area contributed by atoms with E-state index >= 15 is 0 Å². The smallest absolute Gasteiger partial charge is 0.151 e. The Morgan fingerprint density at radius 3 is 2.56 bits per heavy atom. The van der Waals surface area contributed by atoms with E-state index < -0.39 is 6.10 Å². The van der Waals surface area contributed by atoms with Crippen LogP contribution in [0.1, 0.15) is 38.7 Å². The van der Waals surface area contributed by atoms with Gasteiger partial charge in [-0.15, -0.1) is 0 Å². The van der Waals surface area contributed by atoms with Crippen molar-refractivity contribution in [3.8, 4) is 0 Å². The Bertz CT molecular complexity index is 517. The second-order valence-corrected chi connectivity index (χ2v) is 4.22. The van der Waals surface area contributed by atoms with Crippen molar-refractivity contribution in [2.45, 2.75) is 32.9 Å². The molecule has 0 fully saturated rings. The van der Waals surface area contributed by atoms with Crippen LogP contribution in [0.2, 0.25) is 0 Å². The number of benzene rings is 1. The Balaban J connectivity index is 2.81. The summed E-state index contributed by atoms with van der Waals surface area (Å²) in [5, 5.41) is 9.64. The van der Waals surface area contributed by atoms with Gasteiger partial charge in [0.2, 0.25) is 0 Å². The predicted molar refractivity (Wildman–Crippen MR) is 60.7 cm³/mol. The number of rotatable bonds is 2. The van der Waals surface area contributed by atoms with Gasteiger partial charge in [0.1, 0.15) is 17.4 Å². The highest BCUT2D eigenvalue weighted by atomic mass is 19.1. The Morgan fingerprint density at radius 1 is 1.31 bits per heavy atom. The van der Waals surface area contributed by atoms with Crippen LogP contribution in [0.3, 0.4) is 0 Å². The van der Waals surface area contributed by atoms with Gasteiger partial charge in [-0.1, -0.05) is 6.07 Å². The molecule has 2 aromatic rings. The summed E-state index contributed by atoms with van der Waals surface area (Å²) in [4.78, 5) is 4.17. The van der Waals surface area contributed by atoms with Crippen molar-refractivity contribution in [3.05, 3.63) is 29.8 Å². The third kappa shape index (κ3) is 1.59. The van der Waals surface area contributed by atoms with E-state index in [4.69, 9.17) is 0 Å². The quantitative estimate of drug-likeness (QED) is 0.848. The van der Waals surface area contributed by atoms with Gasteiger partial charge in [-0.25, -0.2) is 9.37 Å². The van der Waals surface area contributed by atoms with Crippen LogP contribution in [-0.4, -0.2) is 14.7 Å². The van der Waals surface area contributed by atoms with Gasteiger partial charge in [0.05, 0.1) is 5.52 Å². The molecule has 1 aromatic carbocycles. The topological polar surface area (TPSA) is 38.1 Å². The Morgan fingerprint density at radius 2 is 2.00 bits per heavy atom. The van der Waals surface area contributed by atoms with Gasteiger partial charge < -0.3 is 9.67 Å². The fourth-order valence-corrected chi connectivity index (χ4v) is 1.94. The molecule has 0 aliphatic heterocycles. The number of fused-ring (bicyclic) bond motifs is 1. The van der Waals surface area contributed by atoms with Crippen molar-refractivity contribution in [1.82, 2.24) is 9.55 Å². The average Bonchev–Trinajstić information content (AvgIpc) is 2.58. The molecule has 0 aliphatic carbocycles. The SMILES string of the molecule is CC(O)c1nc2c(F)cccc2n1C(C)C. The maximum absolute atomic E-state index is 13.5. The first-order valence-electron chi connectivity index (χ1n) is 5.36. The van der Waals surface area contributed by atoms with Crippen LogP contribution in [0.5, 0.6) is 0 Å². The molecular weight excluding hydrogens is 207 g/mol. The number of halogens is 1. The van der Waals surface area contributed by atoms with Crippen LogP contribution in [0.4, 0.5) is 4.39 Å². The first-order chi connectivity index (χ1) is 7.52. The number of imidazole rings is 1. The van der Waals surface area contributed by atoms with Gasteiger partial charge in [0.25, 0.3) is 0 Å². The summed E-state index contributed by atoms with van der Waals surface area (Å²) in [6, 6.07) is 4.99. The summed E-state index contributed by atoms with van der Waals surface area (Å²) < 4.78 is 15.4. The molecule has 0 saturated carbocycles. The minimum absolute atomic E-state index is 0.136. The molecule has 0 bridgehead atoms. The van der Waals surface area contributed by atoms with Gasteiger partial charge in [0, 0.05) is 6.04 Å². The van der Waals surface area contributed by atoms with E-state index in [9.17, 15) is 9.50 Å². The lowest BCUT2D eigenvalue weighted by atomic mass is 10.2. The molecule has 0 spiro atoms. The Labute approximate surface area is 93.5 Å². The van der Waals surface area contributed by atoms with Crippen molar-refractivity contribution in [1.29, 1.82) is 0 Å². The van der Waals surface area contributed by atoms with Crippen LogP contribution < -0.4 is 0 Å². The van der Waals surface area contributed by atoms with Crippen LogP contribution in [0.15, 0.2) is 18.2 Å². The summed E-state index contributed by atoms with van der Waals surface area (Å²) in [6.07, 6.45) is -0.700. The fourth-order valence-electron chi connectivity index (χ4n) is 1.94. The first kappa shape index (κ1) is 11.1. The molecule has 0 saturated heterocycles. The molecule has 86 valence electrons. The van der Waals surface area contributed by atoms with Crippen molar-refractivity contribution in [2.75, 3.05) is 0 Å². The highest BCUT2D eigenvalue weighted by Crippen LogP contribution is 2.26. The molecule has 2 rings (SSSR count). The summed E-state index contributed by atoms with van der Waals surface area (Å²) in [6.45, 7) is 5.60. The lowest BCUT2D eigenvalue weighted by Crippen LogP contribution is -2.08. The normalized spacial score (nSPS) is 13.6. The van der Waals surface area contributed by atoms with Gasteiger partial charge in [0.15, 0.2) is 5.82 Å². The molecule has 4 heteroatoms. The molecule has 3 nitrogen and oxygen atoms in total. The Kier molecular flexibility index (Phi) is 2.68. The molecule has 1 unspecified atom stereocenters. The third-order valence-corrected chi connectivity index (χ3v) is 2.59. The summed E-state index contributed by atoms with van der Waals surface area (Å²) >= 11 is 0. The zero-order chi connectivity index (χ0) is 11.9. The zero-order valence-corrected chi connectivity index (χ0v) is 9.61. The van der Waals surface area contributed by atoms with E-state index in [1.54, 1.807) is 13.0 Å². The minimum atomic E-state index is -0.700. The van der Waals surface area contributed by atoms with Crippen molar-refractivity contribution < 1.29 is 9.50 Å². The highest BCUT2D eigenvalue weighted by molar-refractivity contribution is 5.77. The molecule has 1 N–H and O–H groups in total. The largest absolute Gasteiger partial charge is 0.385 e. The summed E-state index contributed by atoms with van der Waals surface area (Å²) in [5.74, 6) is 0.161. The number of nitrogens with zero attached hydrogens (tertiary/aromatic N) is 2. The molecule has 0 radical (unpaired) electrons. The Hall–Kier alpha value is -1.42. The maximum Gasteiger partial charge on any atom is 0.151 e. The second kappa shape index (κ2) is 3.87. The van der Waals surface area contributed by atoms with E-state index in [0.717, 1.165) is 5.52 Å². The van der Waals surface area contributed by atoms with Gasteiger partial charge in [-0.05, 0) is 32.9 Å². The lowest BCUT2D eigenvalue weighted by molar-refractivity contribution is 0.182. The van der Waals surface area contributed by atoms with Crippen molar-refractivity contribution >= 4 is 11.0 Å². The number of aliphatic hydroxyl groups is 1. The maximum atomic E-state index is 13.5. The van der Waals surface area contributed by atoms with E-state index in [1.807, 2.05) is 24.5 Å². The molecule has 0 aliphatic rings. The fraction of sp³-hybridized carbons (Fsp3) is 0.417. The monoisotopic (exact) mass is 222 g/mol. The van der Waals surface area contributed by atoms with E-state index in [-0.39, 0.29) is 11.9 Å². The summed E-state index contributed by atoms with van der Waals surface area (Å²) in [7, 11) is 0. The standard InChI is InChI=1S/C12H15FN2O/c1-7(2)15-10-6-4-5-9(13)11(10)14-12(15)8(3)16/h4-8,16H,1-3H3. The first-order valence-corrected chi connectivity index (χ1v) is 5.36. The number of hydrogen-bond donors (Lipinski definition) is 1. The molecule has 1 heterocycles. The number of hydrogen-bond acceptors (Lipinski definition) is 2. The van der Waals surface area contributed by atoms with E-state index in [0.29, 0.717) is 11.3 Å². The summed E-state index contributed by atoms with van der Waals surface area (Å²) in [5.41, 5.74) is 1.05. The highest BCUT2D eigenvalue weighted by Gasteiger charge is 2.18. The molecular formula is C12H15FN2O. The molecule has 1 atom stereocenters. The molecule has 16 heavy (non-hydrogen) atoms. The third-order valence-electron chi connectivity index (χ3n) is 2.59. The number of aromatic nitrogens is 2. The van der Waals surface area contributed by atoms with Crippen molar-refractivity contribution in [2.24, 2.45) is 0 Å². The van der Waals surface area contributed by atoms with Crippen molar-refractivity contribution in [3.63, 3.8) is 0 Å². The second-order valence-electron chi connectivity index (χ2n) is 4.22. The van der Waals surface area contributed by atoms with Gasteiger partial charge >= 0.3 is 0 Å². The lowest BCUT2D eigenvalue weighted by Gasteiger charge is -2.14. The number of para-hydroxylation sites is 1. The van der Waals surface area contributed by atoms with E-state index in [2.05, 4.69) is 4.98 Å². The van der Waals surface area contributed by atoms with E-state index in [1.165, 1.54) is 6.07 Å². The predicted octanol–water partition coefficient (Wildman–Crippen LogP) is 2.81. The van der Waals surface area contributed by atoms with Gasteiger partial charge in [-0.2, -0.15) is 0 Å². The van der Waals surface area contributed by atoms with Crippen LogP contribution in [0, 0.1) is 5.82 Å².